The third-order valence-corrected chi connectivity index (χ3v) is 3.75. The first kappa shape index (κ1) is 18.2. The van der Waals surface area contributed by atoms with E-state index in [0.29, 0.717) is 5.92 Å². The Morgan fingerprint density at radius 3 is 2.25 bits per heavy atom. The fourth-order valence-corrected chi connectivity index (χ4v) is 2.58. The van der Waals surface area contributed by atoms with Crippen LogP contribution >= 0.6 is 0 Å². The smallest absolute Gasteiger partial charge is 0.227 e. The second-order valence-corrected chi connectivity index (χ2v) is 6.57. The van der Waals surface area contributed by atoms with E-state index in [1.807, 2.05) is 18.2 Å². The molecule has 0 aliphatic rings. The van der Waals surface area contributed by atoms with Crippen molar-refractivity contribution >= 4 is 11.8 Å². The Morgan fingerprint density at radius 1 is 1.00 bits per heavy atom. The van der Waals surface area contributed by atoms with Crippen LogP contribution < -0.4 is 10.2 Å². The van der Waals surface area contributed by atoms with Crippen LogP contribution in [0.15, 0.2) is 36.4 Å². The summed E-state index contributed by atoms with van der Waals surface area (Å²) in [6.07, 6.45) is 2.18. The van der Waals surface area contributed by atoms with Crippen molar-refractivity contribution in [1.82, 2.24) is 9.97 Å². The zero-order valence-corrected chi connectivity index (χ0v) is 15.4. The third-order valence-electron chi connectivity index (χ3n) is 3.75. The first-order valence-corrected chi connectivity index (χ1v) is 9.07. The Morgan fingerprint density at radius 2 is 1.67 bits per heavy atom. The number of nitrogens with one attached hydrogen (secondary N) is 1. The van der Waals surface area contributed by atoms with Crippen LogP contribution in [0.2, 0.25) is 0 Å². The highest BCUT2D eigenvalue weighted by molar-refractivity contribution is 5.64. The second-order valence-electron chi connectivity index (χ2n) is 6.57. The maximum atomic E-state index is 4.84. The van der Waals surface area contributed by atoms with Crippen LogP contribution in [0.1, 0.15) is 40.5 Å². The second kappa shape index (κ2) is 9.26. The van der Waals surface area contributed by atoms with Gasteiger partial charge in [-0.2, -0.15) is 4.98 Å². The molecule has 1 aromatic heterocycles. The monoisotopic (exact) mass is 326 g/mol. The van der Waals surface area contributed by atoms with E-state index in [0.717, 1.165) is 55.5 Å². The molecule has 0 saturated heterocycles. The van der Waals surface area contributed by atoms with Crippen molar-refractivity contribution in [3.05, 3.63) is 36.4 Å². The summed E-state index contributed by atoms with van der Waals surface area (Å²) in [5.41, 5.74) is 2.10. The number of anilines is 2. The Hall–Kier alpha value is -2.10. The van der Waals surface area contributed by atoms with E-state index < -0.39 is 0 Å². The molecule has 1 N–H and O–H groups in total. The van der Waals surface area contributed by atoms with Gasteiger partial charge in [0.05, 0.1) is 5.69 Å². The lowest BCUT2D eigenvalue weighted by atomic mass is 10.1. The minimum absolute atomic E-state index is 0.575. The fourth-order valence-electron chi connectivity index (χ4n) is 2.58. The molecule has 0 unspecified atom stereocenters. The summed E-state index contributed by atoms with van der Waals surface area (Å²) in [6, 6.07) is 12.4. The lowest BCUT2D eigenvalue weighted by molar-refractivity contribution is 0.685. The van der Waals surface area contributed by atoms with Crippen molar-refractivity contribution in [1.29, 1.82) is 0 Å². The number of aromatic nitrogens is 2. The zero-order chi connectivity index (χ0) is 17.4. The van der Waals surface area contributed by atoms with Gasteiger partial charge in [0.1, 0.15) is 5.82 Å². The van der Waals surface area contributed by atoms with E-state index in [1.165, 1.54) is 0 Å². The van der Waals surface area contributed by atoms with Gasteiger partial charge in [-0.1, -0.05) is 58.0 Å². The lowest BCUT2D eigenvalue weighted by Gasteiger charge is -2.23. The molecular formula is C20H30N4. The summed E-state index contributed by atoms with van der Waals surface area (Å²) in [6.45, 7) is 11.7. The summed E-state index contributed by atoms with van der Waals surface area (Å²) in [5.74, 6) is 2.31. The van der Waals surface area contributed by atoms with Gasteiger partial charge in [-0.15, -0.1) is 0 Å². The third kappa shape index (κ3) is 5.22. The molecule has 0 aliphatic heterocycles. The quantitative estimate of drug-likeness (QED) is 0.716. The largest absolute Gasteiger partial charge is 0.370 e. The van der Waals surface area contributed by atoms with Crippen LogP contribution in [0, 0.1) is 5.92 Å². The normalized spacial score (nSPS) is 10.9. The standard InChI is InChI=1S/C20H30N4/c1-5-12-24(13-6-2)20-22-18(17-10-8-7-9-11-17)14-19(23-20)21-15-16(3)4/h7-11,14,16H,5-6,12-13,15H2,1-4H3,(H,21,22,23). The van der Waals surface area contributed by atoms with E-state index in [1.54, 1.807) is 0 Å². The van der Waals surface area contributed by atoms with Gasteiger partial charge in [0.15, 0.2) is 0 Å². The minimum Gasteiger partial charge on any atom is -0.370 e. The molecule has 24 heavy (non-hydrogen) atoms. The number of nitrogens with zero attached hydrogens (tertiary/aromatic N) is 3. The molecular weight excluding hydrogens is 296 g/mol. The predicted molar refractivity (Wildman–Crippen MR) is 104 cm³/mol. The van der Waals surface area contributed by atoms with E-state index in [2.05, 4.69) is 56.1 Å². The molecule has 2 aromatic rings. The van der Waals surface area contributed by atoms with Gasteiger partial charge in [-0.05, 0) is 18.8 Å². The molecule has 0 spiro atoms. The molecule has 0 aliphatic carbocycles. The van der Waals surface area contributed by atoms with Gasteiger partial charge in [-0.25, -0.2) is 4.98 Å². The molecule has 0 bridgehead atoms. The molecule has 1 heterocycles. The Kier molecular flexibility index (Phi) is 7.04. The lowest BCUT2D eigenvalue weighted by Crippen LogP contribution is -2.27. The fraction of sp³-hybridized carbons (Fsp3) is 0.500. The summed E-state index contributed by atoms with van der Waals surface area (Å²) < 4.78 is 0. The zero-order valence-electron chi connectivity index (χ0n) is 15.4. The number of hydrogen-bond donors (Lipinski definition) is 1. The summed E-state index contributed by atoms with van der Waals surface area (Å²) >= 11 is 0. The average molecular weight is 326 g/mol. The van der Waals surface area contributed by atoms with Gasteiger partial charge < -0.3 is 10.2 Å². The number of hydrogen-bond acceptors (Lipinski definition) is 4. The SMILES string of the molecule is CCCN(CCC)c1nc(NCC(C)C)cc(-c2ccccc2)n1. The first-order valence-electron chi connectivity index (χ1n) is 9.07. The Bertz CT molecular complexity index is 604. The van der Waals surface area contributed by atoms with Crippen molar-refractivity contribution in [3.63, 3.8) is 0 Å². The molecule has 4 nitrogen and oxygen atoms in total. The Balaban J connectivity index is 2.39. The van der Waals surface area contributed by atoms with Gasteiger partial charge in [0, 0.05) is 31.3 Å². The highest BCUT2D eigenvalue weighted by Gasteiger charge is 2.12. The van der Waals surface area contributed by atoms with Crippen molar-refractivity contribution in [2.75, 3.05) is 29.9 Å². The van der Waals surface area contributed by atoms with E-state index in [4.69, 9.17) is 9.97 Å². The van der Waals surface area contributed by atoms with Crippen molar-refractivity contribution in [2.45, 2.75) is 40.5 Å². The van der Waals surface area contributed by atoms with Crippen LogP contribution in [-0.4, -0.2) is 29.6 Å². The van der Waals surface area contributed by atoms with Crippen LogP contribution in [0.3, 0.4) is 0 Å². The highest BCUT2D eigenvalue weighted by Crippen LogP contribution is 2.23. The molecule has 0 saturated carbocycles. The molecule has 0 amide bonds. The molecule has 0 radical (unpaired) electrons. The topological polar surface area (TPSA) is 41.1 Å². The summed E-state index contributed by atoms with van der Waals surface area (Å²) in [5, 5.41) is 3.46. The number of benzene rings is 1. The minimum atomic E-state index is 0.575. The van der Waals surface area contributed by atoms with Crippen LogP contribution in [0.4, 0.5) is 11.8 Å². The first-order chi connectivity index (χ1) is 11.6. The maximum Gasteiger partial charge on any atom is 0.227 e. The molecule has 2 rings (SSSR count). The van der Waals surface area contributed by atoms with Crippen LogP contribution in [0.5, 0.6) is 0 Å². The molecule has 0 fully saturated rings. The molecule has 130 valence electrons. The summed E-state index contributed by atoms with van der Waals surface area (Å²) in [7, 11) is 0. The van der Waals surface area contributed by atoms with Crippen molar-refractivity contribution in [2.24, 2.45) is 5.92 Å². The Labute approximate surface area is 146 Å². The molecule has 4 heteroatoms. The van der Waals surface area contributed by atoms with Crippen molar-refractivity contribution in [3.8, 4) is 11.3 Å². The maximum absolute atomic E-state index is 4.84. The number of rotatable bonds is 9. The van der Waals surface area contributed by atoms with Gasteiger partial charge in [0.25, 0.3) is 0 Å². The van der Waals surface area contributed by atoms with Gasteiger partial charge >= 0.3 is 0 Å². The molecule has 1 aromatic carbocycles. The van der Waals surface area contributed by atoms with E-state index >= 15 is 0 Å². The van der Waals surface area contributed by atoms with Crippen LogP contribution in [-0.2, 0) is 0 Å². The predicted octanol–water partition coefficient (Wildman–Crippen LogP) is 4.84. The van der Waals surface area contributed by atoms with Gasteiger partial charge in [0.2, 0.25) is 5.95 Å². The van der Waals surface area contributed by atoms with Crippen LogP contribution in [0.25, 0.3) is 11.3 Å². The van der Waals surface area contributed by atoms with E-state index in [9.17, 15) is 0 Å². The van der Waals surface area contributed by atoms with E-state index in [-0.39, 0.29) is 0 Å². The molecule has 0 atom stereocenters. The average Bonchev–Trinajstić information content (AvgIpc) is 2.60. The van der Waals surface area contributed by atoms with Gasteiger partial charge in [-0.3, -0.25) is 0 Å². The summed E-state index contributed by atoms with van der Waals surface area (Å²) in [4.78, 5) is 11.9. The highest BCUT2D eigenvalue weighted by atomic mass is 15.3. The van der Waals surface area contributed by atoms with Crippen molar-refractivity contribution < 1.29 is 0 Å².